The highest BCUT2D eigenvalue weighted by Crippen LogP contribution is 2.19. The number of aryl methyl sites for hydroxylation is 1. The number of ether oxygens (including phenoxy) is 1. The Morgan fingerprint density at radius 3 is 2.93 bits per heavy atom. The molecule has 80 valence electrons. The van der Waals surface area contributed by atoms with Gasteiger partial charge in [0.1, 0.15) is 0 Å². The van der Waals surface area contributed by atoms with Crippen LogP contribution >= 0.6 is 11.3 Å². The maximum Gasteiger partial charge on any atom is 0.0702 e. The normalized spacial score (nSPS) is 13.1. The van der Waals surface area contributed by atoms with E-state index in [1.165, 1.54) is 10.4 Å². The van der Waals surface area contributed by atoms with E-state index in [1.54, 1.807) is 11.3 Å². The third kappa shape index (κ3) is 3.38. The van der Waals surface area contributed by atoms with Crippen molar-refractivity contribution in [2.45, 2.75) is 26.3 Å². The molecule has 1 rings (SSSR count). The molecule has 3 N–H and O–H groups in total. The molecule has 3 nitrogen and oxygen atoms in total. The second-order valence-corrected chi connectivity index (χ2v) is 4.40. The lowest BCUT2D eigenvalue weighted by Gasteiger charge is -2.14. The Morgan fingerprint density at radius 1 is 1.64 bits per heavy atom. The minimum absolute atomic E-state index is 0.117. The number of thiophene rings is 1. The van der Waals surface area contributed by atoms with Crippen LogP contribution in [0.5, 0.6) is 0 Å². The smallest absolute Gasteiger partial charge is 0.0702 e. The van der Waals surface area contributed by atoms with E-state index in [0.717, 1.165) is 13.0 Å². The second kappa shape index (κ2) is 6.14. The van der Waals surface area contributed by atoms with Crippen LogP contribution in [0, 0.1) is 6.92 Å². The molecular weight excluding hydrogens is 196 g/mol. The highest BCUT2D eigenvalue weighted by molar-refractivity contribution is 7.10. The van der Waals surface area contributed by atoms with Crippen LogP contribution in [0.25, 0.3) is 0 Å². The van der Waals surface area contributed by atoms with Crippen molar-refractivity contribution in [3.8, 4) is 0 Å². The molecule has 1 heterocycles. The lowest BCUT2D eigenvalue weighted by molar-refractivity contribution is 0.112. The molecule has 0 aliphatic rings. The molecule has 0 aliphatic heterocycles. The number of hydrogen-bond donors (Lipinski definition) is 2. The SMILES string of the molecule is CCCOCC(NN)c1csc(C)c1. The Bertz CT molecular complexity index is 262. The highest BCUT2D eigenvalue weighted by atomic mass is 32.1. The van der Waals surface area contributed by atoms with Crippen molar-refractivity contribution in [2.24, 2.45) is 5.84 Å². The Labute approximate surface area is 89.2 Å². The summed E-state index contributed by atoms with van der Waals surface area (Å²) in [6.07, 6.45) is 1.04. The molecule has 0 amide bonds. The first-order valence-electron chi connectivity index (χ1n) is 4.86. The standard InChI is InChI=1S/C10H18N2OS/c1-3-4-13-6-10(12-11)9-5-8(2)14-7-9/h5,7,10,12H,3-4,6,11H2,1-2H3. The van der Waals surface area contributed by atoms with Crippen molar-refractivity contribution in [1.82, 2.24) is 5.43 Å². The van der Waals surface area contributed by atoms with E-state index in [-0.39, 0.29) is 6.04 Å². The molecule has 0 spiro atoms. The van der Waals surface area contributed by atoms with Crippen molar-refractivity contribution in [2.75, 3.05) is 13.2 Å². The van der Waals surface area contributed by atoms with Crippen molar-refractivity contribution in [1.29, 1.82) is 0 Å². The van der Waals surface area contributed by atoms with Crippen molar-refractivity contribution >= 4 is 11.3 Å². The number of rotatable bonds is 6. The zero-order valence-electron chi connectivity index (χ0n) is 8.75. The molecule has 0 saturated carbocycles. The van der Waals surface area contributed by atoms with Crippen LogP contribution in [0.2, 0.25) is 0 Å². The lowest BCUT2D eigenvalue weighted by Crippen LogP contribution is -2.31. The first kappa shape index (κ1) is 11.7. The molecule has 4 heteroatoms. The molecule has 1 aromatic heterocycles. The summed E-state index contributed by atoms with van der Waals surface area (Å²) >= 11 is 1.74. The number of nitrogens with two attached hydrogens (primary N) is 1. The van der Waals surface area contributed by atoms with Gasteiger partial charge in [-0.05, 0) is 30.4 Å². The van der Waals surface area contributed by atoms with Crippen molar-refractivity contribution in [3.05, 3.63) is 21.9 Å². The van der Waals surface area contributed by atoms with E-state index in [0.29, 0.717) is 6.61 Å². The van der Waals surface area contributed by atoms with Gasteiger partial charge in [-0.1, -0.05) is 6.92 Å². The molecule has 0 aromatic carbocycles. The van der Waals surface area contributed by atoms with Gasteiger partial charge in [-0.3, -0.25) is 11.3 Å². The highest BCUT2D eigenvalue weighted by Gasteiger charge is 2.10. The van der Waals surface area contributed by atoms with Crippen LogP contribution in [-0.2, 0) is 4.74 Å². The molecule has 0 radical (unpaired) electrons. The Kier molecular flexibility index (Phi) is 5.11. The quantitative estimate of drug-likeness (QED) is 0.432. The van der Waals surface area contributed by atoms with E-state index in [1.807, 2.05) is 0 Å². The third-order valence-electron chi connectivity index (χ3n) is 1.99. The summed E-state index contributed by atoms with van der Waals surface area (Å²) in [5.41, 5.74) is 3.99. The first-order valence-corrected chi connectivity index (χ1v) is 5.74. The zero-order chi connectivity index (χ0) is 10.4. The van der Waals surface area contributed by atoms with Gasteiger partial charge in [0.05, 0.1) is 12.6 Å². The Hall–Kier alpha value is -0.420. The van der Waals surface area contributed by atoms with Gasteiger partial charge in [0.15, 0.2) is 0 Å². The number of hydrazine groups is 1. The summed E-state index contributed by atoms with van der Waals surface area (Å²) < 4.78 is 5.46. The van der Waals surface area contributed by atoms with Crippen LogP contribution in [0.15, 0.2) is 11.4 Å². The minimum atomic E-state index is 0.117. The molecular formula is C10H18N2OS. The van der Waals surface area contributed by atoms with E-state index in [9.17, 15) is 0 Å². The van der Waals surface area contributed by atoms with Crippen molar-refractivity contribution < 1.29 is 4.74 Å². The zero-order valence-corrected chi connectivity index (χ0v) is 9.56. The molecule has 1 aromatic rings. The van der Waals surface area contributed by atoms with Gasteiger partial charge in [-0.25, -0.2) is 0 Å². The lowest BCUT2D eigenvalue weighted by atomic mass is 10.1. The number of hydrogen-bond acceptors (Lipinski definition) is 4. The topological polar surface area (TPSA) is 47.3 Å². The third-order valence-corrected chi connectivity index (χ3v) is 2.87. The van der Waals surface area contributed by atoms with E-state index in [2.05, 4.69) is 30.7 Å². The Morgan fingerprint density at radius 2 is 2.43 bits per heavy atom. The van der Waals surface area contributed by atoms with Gasteiger partial charge in [0.25, 0.3) is 0 Å². The van der Waals surface area contributed by atoms with Gasteiger partial charge >= 0.3 is 0 Å². The molecule has 0 bridgehead atoms. The van der Waals surface area contributed by atoms with Gasteiger partial charge in [-0.15, -0.1) is 11.3 Å². The fourth-order valence-corrected chi connectivity index (χ4v) is 1.99. The molecule has 1 atom stereocenters. The molecule has 0 saturated heterocycles. The summed E-state index contributed by atoms with van der Waals surface area (Å²) in [6, 6.07) is 2.26. The van der Waals surface area contributed by atoms with Gasteiger partial charge < -0.3 is 4.74 Å². The monoisotopic (exact) mass is 214 g/mol. The summed E-state index contributed by atoms with van der Waals surface area (Å²) in [7, 11) is 0. The summed E-state index contributed by atoms with van der Waals surface area (Å²) in [4.78, 5) is 1.30. The van der Waals surface area contributed by atoms with E-state index < -0.39 is 0 Å². The van der Waals surface area contributed by atoms with Crippen LogP contribution < -0.4 is 11.3 Å². The van der Waals surface area contributed by atoms with E-state index >= 15 is 0 Å². The second-order valence-electron chi connectivity index (χ2n) is 3.28. The number of nitrogens with one attached hydrogen (secondary N) is 1. The molecule has 14 heavy (non-hydrogen) atoms. The van der Waals surface area contributed by atoms with Gasteiger partial charge in [0.2, 0.25) is 0 Å². The predicted molar refractivity (Wildman–Crippen MR) is 60.2 cm³/mol. The predicted octanol–water partition coefficient (Wildman–Crippen LogP) is 1.99. The average molecular weight is 214 g/mol. The van der Waals surface area contributed by atoms with Crippen LogP contribution in [0.1, 0.15) is 29.8 Å². The van der Waals surface area contributed by atoms with Gasteiger partial charge in [-0.2, -0.15) is 0 Å². The summed E-state index contributed by atoms with van der Waals surface area (Å²) in [5, 5.41) is 2.12. The maximum absolute atomic E-state index is 5.47. The Balaban J connectivity index is 2.45. The van der Waals surface area contributed by atoms with Crippen molar-refractivity contribution in [3.63, 3.8) is 0 Å². The largest absolute Gasteiger partial charge is 0.379 e. The molecule has 1 unspecified atom stereocenters. The van der Waals surface area contributed by atoms with Crippen LogP contribution in [0.3, 0.4) is 0 Å². The minimum Gasteiger partial charge on any atom is -0.379 e. The molecule has 0 aliphatic carbocycles. The summed E-state index contributed by atoms with van der Waals surface area (Å²) in [5.74, 6) is 5.47. The average Bonchev–Trinajstić information content (AvgIpc) is 2.60. The van der Waals surface area contributed by atoms with Crippen LogP contribution in [0.4, 0.5) is 0 Å². The maximum atomic E-state index is 5.47. The van der Waals surface area contributed by atoms with E-state index in [4.69, 9.17) is 10.6 Å². The van der Waals surface area contributed by atoms with Gasteiger partial charge in [0, 0.05) is 11.5 Å². The fraction of sp³-hybridized carbons (Fsp3) is 0.600. The first-order chi connectivity index (χ1) is 6.77. The summed E-state index contributed by atoms with van der Waals surface area (Å²) in [6.45, 7) is 5.62. The van der Waals surface area contributed by atoms with Crippen LogP contribution in [-0.4, -0.2) is 13.2 Å². The molecule has 0 fully saturated rings. The fourth-order valence-electron chi connectivity index (χ4n) is 1.23.